The fourth-order valence-electron chi connectivity index (χ4n) is 8.98. The van der Waals surface area contributed by atoms with E-state index in [4.69, 9.17) is 4.74 Å². The molecule has 10 atom stereocenters. The minimum Gasteiger partial charge on any atom is -0.469 e. The first-order chi connectivity index (χ1) is 14.1. The van der Waals surface area contributed by atoms with Crippen LogP contribution in [0.3, 0.4) is 0 Å². The molecule has 170 valence electrons. The van der Waals surface area contributed by atoms with E-state index in [1.165, 1.54) is 20.0 Å². The highest BCUT2D eigenvalue weighted by Gasteiger charge is 2.64. The molecule has 0 aromatic rings. The van der Waals surface area contributed by atoms with Gasteiger partial charge in [-0.1, -0.05) is 27.7 Å². The smallest absolute Gasteiger partial charge is 0.305 e. The highest BCUT2D eigenvalue weighted by molar-refractivity contribution is 5.85. The van der Waals surface area contributed by atoms with E-state index in [2.05, 4.69) is 27.7 Å². The monoisotopic (exact) mass is 418 g/mol. The molecule has 0 aromatic carbocycles. The van der Waals surface area contributed by atoms with Gasteiger partial charge < -0.3 is 9.84 Å². The van der Waals surface area contributed by atoms with Crippen molar-refractivity contribution in [1.29, 1.82) is 0 Å². The normalized spacial score (nSPS) is 49.0. The highest BCUT2D eigenvalue weighted by atomic mass is 16.5. The zero-order valence-electron chi connectivity index (χ0n) is 19.7. The third-order valence-electron chi connectivity index (χ3n) is 10.7. The molecule has 4 aliphatic rings. The van der Waals surface area contributed by atoms with Gasteiger partial charge in [0.15, 0.2) is 0 Å². The van der Waals surface area contributed by atoms with Crippen molar-refractivity contribution in [1.82, 2.24) is 0 Å². The van der Waals surface area contributed by atoms with E-state index >= 15 is 0 Å². The second kappa shape index (κ2) is 7.90. The number of ketones is 1. The van der Waals surface area contributed by atoms with Crippen LogP contribution in [0.15, 0.2) is 0 Å². The topological polar surface area (TPSA) is 63.6 Å². The molecule has 4 saturated carbocycles. The Morgan fingerprint density at radius 1 is 1.10 bits per heavy atom. The third kappa shape index (κ3) is 3.27. The Balaban J connectivity index is 1.57. The average Bonchev–Trinajstić information content (AvgIpc) is 3.08. The van der Waals surface area contributed by atoms with Crippen LogP contribution in [0.25, 0.3) is 0 Å². The summed E-state index contributed by atoms with van der Waals surface area (Å²) in [6, 6.07) is 0. The lowest BCUT2D eigenvalue weighted by molar-refractivity contribution is -0.171. The molecule has 0 bridgehead atoms. The minimum absolute atomic E-state index is 0.0735. The van der Waals surface area contributed by atoms with Crippen LogP contribution in [-0.2, 0) is 14.3 Å². The van der Waals surface area contributed by atoms with Gasteiger partial charge in [-0.2, -0.15) is 0 Å². The Hall–Kier alpha value is -0.900. The van der Waals surface area contributed by atoms with Crippen LogP contribution >= 0.6 is 0 Å². The molecular weight excluding hydrogens is 376 g/mol. The predicted molar refractivity (Wildman–Crippen MR) is 117 cm³/mol. The molecule has 4 rings (SSSR count). The molecule has 0 amide bonds. The molecule has 4 heteroatoms. The standard InChI is InChI=1S/C26H42O4/c1-15(6-9-22(28)30-5)18-7-8-19-23-20(11-13-25(18,19)3)26(4)12-10-17(27)14-21(26)16(2)24(23)29/h15-21,23,27H,6-14H2,1-5H3/t15-,16+,17-,18-,19+,20+,21+,23+,25-,26-/m1/s1. The molecule has 0 spiro atoms. The molecule has 0 saturated heterocycles. The zero-order valence-corrected chi connectivity index (χ0v) is 19.7. The SMILES string of the molecule is COC(=O)CC[C@@H](C)[C@H]1CC[C@H]2[C@@H]3C(=O)[C@@H](C)[C@@H]4C[C@H](O)CC[C@]4(C)[C@H]3CC[C@]12C. The van der Waals surface area contributed by atoms with Crippen LogP contribution in [-0.4, -0.2) is 30.1 Å². The number of fused-ring (bicyclic) bond motifs is 5. The molecule has 0 aromatic heterocycles. The van der Waals surface area contributed by atoms with Crippen molar-refractivity contribution >= 4 is 11.8 Å². The van der Waals surface area contributed by atoms with Crippen molar-refractivity contribution in [2.75, 3.05) is 7.11 Å². The summed E-state index contributed by atoms with van der Waals surface area (Å²) in [5, 5.41) is 10.3. The molecule has 4 aliphatic carbocycles. The summed E-state index contributed by atoms with van der Waals surface area (Å²) in [5.41, 5.74) is 0.413. The Kier molecular flexibility index (Phi) is 5.87. The summed E-state index contributed by atoms with van der Waals surface area (Å²) < 4.78 is 4.86. The molecule has 0 radical (unpaired) electrons. The largest absolute Gasteiger partial charge is 0.469 e. The van der Waals surface area contributed by atoms with Crippen LogP contribution in [0.1, 0.15) is 85.5 Å². The molecule has 0 heterocycles. The minimum atomic E-state index is -0.227. The summed E-state index contributed by atoms with van der Waals surface area (Å²) in [6.07, 6.45) is 8.64. The van der Waals surface area contributed by atoms with Gasteiger partial charge in [0.1, 0.15) is 5.78 Å². The first-order valence-electron chi connectivity index (χ1n) is 12.4. The number of methoxy groups -OCH3 is 1. The lowest BCUT2D eigenvalue weighted by Gasteiger charge is -2.62. The summed E-state index contributed by atoms with van der Waals surface area (Å²) in [6.45, 7) is 9.35. The zero-order chi connectivity index (χ0) is 21.8. The maximum Gasteiger partial charge on any atom is 0.305 e. The molecule has 0 aliphatic heterocycles. The van der Waals surface area contributed by atoms with Gasteiger partial charge in [-0.05, 0) is 91.8 Å². The third-order valence-corrected chi connectivity index (χ3v) is 10.7. The van der Waals surface area contributed by atoms with E-state index < -0.39 is 0 Å². The Labute approximate surface area is 182 Å². The van der Waals surface area contributed by atoms with Crippen molar-refractivity contribution in [3.63, 3.8) is 0 Å². The van der Waals surface area contributed by atoms with E-state index in [0.717, 1.165) is 38.5 Å². The van der Waals surface area contributed by atoms with E-state index in [-0.39, 0.29) is 34.7 Å². The number of aliphatic hydroxyl groups is 1. The number of carbonyl (C=O) groups excluding carboxylic acids is 2. The van der Waals surface area contributed by atoms with Gasteiger partial charge >= 0.3 is 5.97 Å². The maximum atomic E-state index is 13.7. The van der Waals surface area contributed by atoms with Crippen molar-refractivity contribution in [2.24, 2.45) is 52.3 Å². The lowest BCUT2D eigenvalue weighted by atomic mass is 9.42. The van der Waals surface area contributed by atoms with Crippen molar-refractivity contribution in [2.45, 2.75) is 91.6 Å². The highest BCUT2D eigenvalue weighted by Crippen LogP contribution is 2.68. The first kappa shape index (κ1) is 22.3. The average molecular weight is 419 g/mol. The number of hydrogen-bond acceptors (Lipinski definition) is 4. The number of esters is 1. The quantitative estimate of drug-likeness (QED) is 0.651. The van der Waals surface area contributed by atoms with E-state index in [1.807, 2.05) is 0 Å². The number of aliphatic hydroxyl groups excluding tert-OH is 1. The van der Waals surface area contributed by atoms with Crippen LogP contribution in [0.5, 0.6) is 0 Å². The maximum absolute atomic E-state index is 13.7. The number of hydrogen-bond donors (Lipinski definition) is 1. The van der Waals surface area contributed by atoms with Crippen LogP contribution < -0.4 is 0 Å². The van der Waals surface area contributed by atoms with Gasteiger partial charge in [0.05, 0.1) is 13.2 Å². The first-order valence-corrected chi connectivity index (χ1v) is 12.4. The lowest BCUT2D eigenvalue weighted by Crippen LogP contribution is -2.60. The molecule has 0 unspecified atom stereocenters. The Bertz CT molecular complexity index is 689. The van der Waals surface area contributed by atoms with Gasteiger partial charge in [0, 0.05) is 18.3 Å². The van der Waals surface area contributed by atoms with E-state index in [1.54, 1.807) is 0 Å². The number of Topliss-reactive ketones (excluding diaryl/α,β-unsaturated/α-hetero) is 1. The molecule has 4 fully saturated rings. The second-order valence-corrected chi connectivity index (χ2v) is 11.8. The van der Waals surface area contributed by atoms with Gasteiger partial charge in [-0.15, -0.1) is 0 Å². The molecule has 1 N–H and O–H groups in total. The van der Waals surface area contributed by atoms with Gasteiger partial charge in [0.25, 0.3) is 0 Å². The molecule has 30 heavy (non-hydrogen) atoms. The van der Waals surface area contributed by atoms with E-state index in [0.29, 0.717) is 41.8 Å². The van der Waals surface area contributed by atoms with Gasteiger partial charge in [0.2, 0.25) is 0 Å². The number of ether oxygens (including phenoxy) is 1. The van der Waals surface area contributed by atoms with Gasteiger partial charge in [-0.3, -0.25) is 9.59 Å². The summed E-state index contributed by atoms with van der Waals surface area (Å²) in [4.78, 5) is 25.4. The molecule has 4 nitrogen and oxygen atoms in total. The van der Waals surface area contributed by atoms with Gasteiger partial charge in [-0.25, -0.2) is 0 Å². The Morgan fingerprint density at radius 2 is 1.77 bits per heavy atom. The van der Waals surface area contributed by atoms with Crippen LogP contribution in [0.2, 0.25) is 0 Å². The second-order valence-electron chi connectivity index (χ2n) is 11.8. The van der Waals surface area contributed by atoms with Crippen molar-refractivity contribution in [3.8, 4) is 0 Å². The molecular formula is C26H42O4. The summed E-state index contributed by atoms with van der Waals surface area (Å²) >= 11 is 0. The summed E-state index contributed by atoms with van der Waals surface area (Å²) in [5.74, 6) is 3.06. The summed E-state index contributed by atoms with van der Waals surface area (Å²) in [7, 11) is 1.47. The van der Waals surface area contributed by atoms with Crippen LogP contribution in [0, 0.1) is 52.3 Å². The fraction of sp³-hybridized carbons (Fsp3) is 0.923. The van der Waals surface area contributed by atoms with Crippen molar-refractivity contribution in [3.05, 3.63) is 0 Å². The Morgan fingerprint density at radius 3 is 2.47 bits per heavy atom. The predicted octanol–water partition coefficient (Wildman–Crippen LogP) is 5.02. The number of rotatable bonds is 4. The van der Waals surface area contributed by atoms with E-state index in [9.17, 15) is 14.7 Å². The van der Waals surface area contributed by atoms with Crippen molar-refractivity contribution < 1.29 is 19.4 Å². The fourth-order valence-corrected chi connectivity index (χ4v) is 8.98. The van der Waals surface area contributed by atoms with Crippen LogP contribution in [0.4, 0.5) is 0 Å². The number of carbonyl (C=O) groups is 2.